The summed E-state index contributed by atoms with van der Waals surface area (Å²) in [5.74, 6) is 0.138. The maximum Gasteiger partial charge on any atom is 0.319 e. The summed E-state index contributed by atoms with van der Waals surface area (Å²) >= 11 is 0. The Morgan fingerprint density at radius 2 is 1.95 bits per heavy atom. The van der Waals surface area contributed by atoms with Crippen LogP contribution in [0.2, 0.25) is 0 Å². The van der Waals surface area contributed by atoms with Gasteiger partial charge in [0.25, 0.3) is 5.91 Å². The number of benzene rings is 1. The topological polar surface area (TPSA) is 107 Å². The van der Waals surface area contributed by atoms with Gasteiger partial charge in [0.05, 0.1) is 23.9 Å². The lowest BCUT2D eigenvalue weighted by Gasteiger charge is -2.38. The molecule has 0 radical (unpaired) electrons. The van der Waals surface area contributed by atoms with E-state index >= 15 is 0 Å². The van der Waals surface area contributed by atoms with Crippen LogP contribution in [-0.4, -0.2) is 76.8 Å². The zero-order valence-corrected chi connectivity index (χ0v) is 22.7. The molecule has 3 amide bonds. The summed E-state index contributed by atoms with van der Waals surface area (Å²) in [5, 5.41) is 15.9. The number of hydrogen-bond acceptors (Lipinski definition) is 6. The number of nitrogens with one attached hydrogen (secondary N) is 2. The fourth-order valence-corrected chi connectivity index (χ4v) is 5.32. The Bertz CT molecular complexity index is 1080. The summed E-state index contributed by atoms with van der Waals surface area (Å²) in [7, 11) is 2.04. The Labute approximate surface area is 225 Å². The number of rotatable bonds is 8. The number of aromatic nitrogens is 1. The van der Waals surface area contributed by atoms with Crippen LogP contribution in [0.5, 0.6) is 5.75 Å². The number of carbonyl (C=O) groups is 2. The van der Waals surface area contributed by atoms with Crippen molar-refractivity contribution in [3.8, 4) is 5.75 Å². The van der Waals surface area contributed by atoms with Crippen LogP contribution >= 0.6 is 0 Å². The van der Waals surface area contributed by atoms with Crippen LogP contribution in [0, 0.1) is 5.92 Å². The summed E-state index contributed by atoms with van der Waals surface area (Å²) in [6.45, 7) is 5.56. The molecule has 0 unspecified atom stereocenters. The predicted octanol–water partition coefficient (Wildman–Crippen LogP) is 3.89. The highest BCUT2D eigenvalue weighted by Crippen LogP contribution is 2.35. The van der Waals surface area contributed by atoms with E-state index in [1.807, 2.05) is 26.1 Å². The molecule has 2 heterocycles. The lowest BCUT2D eigenvalue weighted by Crippen LogP contribution is -2.50. The van der Waals surface area contributed by atoms with Gasteiger partial charge in [-0.05, 0) is 56.6 Å². The SMILES string of the molecule is C[C@H]1CN([C@@H](C)CO)C(=O)c2cccc(NC(=O)NC3CCCCC3)c2O[C@@H]1CN(C)Cc1ccncc1. The highest BCUT2D eigenvalue weighted by atomic mass is 16.5. The van der Waals surface area contributed by atoms with E-state index < -0.39 is 0 Å². The Balaban J connectivity index is 1.60. The van der Waals surface area contributed by atoms with E-state index in [1.54, 1.807) is 35.5 Å². The first kappa shape index (κ1) is 27.9. The van der Waals surface area contributed by atoms with Crippen LogP contribution in [-0.2, 0) is 6.54 Å². The maximum absolute atomic E-state index is 13.7. The van der Waals surface area contributed by atoms with Crippen molar-refractivity contribution >= 4 is 17.6 Å². The fourth-order valence-electron chi connectivity index (χ4n) is 5.32. The number of carbonyl (C=O) groups excluding carboxylic acids is 2. The summed E-state index contributed by atoms with van der Waals surface area (Å²) in [6.07, 6.45) is 8.71. The van der Waals surface area contributed by atoms with Crippen LogP contribution in [0.15, 0.2) is 42.7 Å². The van der Waals surface area contributed by atoms with Crippen molar-refractivity contribution in [2.24, 2.45) is 5.92 Å². The minimum atomic E-state index is -0.350. The number of aliphatic hydroxyl groups excluding tert-OH is 1. The van der Waals surface area contributed by atoms with Gasteiger partial charge in [0.1, 0.15) is 6.10 Å². The zero-order valence-electron chi connectivity index (χ0n) is 22.7. The summed E-state index contributed by atoms with van der Waals surface area (Å²) in [6, 6.07) is 8.76. The molecule has 206 valence electrons. The molecule has 0 spiro atoms. The number of fused-ring (bicyclic) bond motifs is 1. The van der Waals surface area contributed by atoms with Crippen LogP contribution in [0.3, 0.4) is 0 Å². The van der Waals surface area contributed by atoms with E-state index in [0.717, 1.165) is 37.8 Å². The Morgan fingerprint density at radius 3 is 2.66 bits per heavy atom. The van der Waals surface area contributed by atoms with Gasteiger partial charge in [0, 0.05) is 44.0 Å². The van der Waals surface area contributed by atoms with Gasteiger partial charge in [-0.15, -0.1) is 0 Å². The standard InChI is InChI=1S/C29H41N5O4/c1-20-16-34(21(2)19-35)28(36)24-10-7-11-25(32-29(37)31-23-8-5-4-6-9-23)27(24)38-26(20)18-33(3)17-22-12-14-30-15-13-22/h7,10-15,20-21,23,26,35H,4-6,8-9,16-19H2,1-3H3,(H2,31,32,37)/t20-,21-,26+/m0/s1. The molecule has 4 rings (SSSR count). The lowest BCUT2D eigenvalue weighted by molar-refractivity contribution is 0.0343. The average Bonchev–Trinajstić information content (AvgIpc) is 2.91. The second-order valence-electron chi connectivity index (χ2n) is 10.8. The first-order valence-corrected chi connectivity index (χ1v) is 13.7. The minimum absolute atomic E-state index is 0.0230. The molecule has 2 aromatic rings. The smallest absolute Gasteiger partial charge is 0.319 e. The first-order valence-electron chi connectivity index (χ1n) is 13.7. The number of urea groups is 1. The van der Waals surface area contributed by atoms with Gasteiger partial charge in [-0.3, -0.25) is 14.7 Å². The molecule has 0 bridgehead atoms. The van der Waals surface area contributed by atoms with Crippen molar-refractivity contribution in [3.05, 3.63) is 53.9 Å². The quantitative estimate of drug-likeness (QED) is 0.485. The predicted molar refractivity (Wildman–Crippen MR) is 147 cm³/mol. The van der Waals surface area contributed by atoms with Crippen LogP contribution in [0.25, 0.3) is 0 Å². The summed E-state index contributed by atoms with van der Waals surface area (Å²) < 4.78 is 6.61. The number of anilines is 1. The number of aliphatic hydroxyl groups is 1. The molecule has 0 saturated heterocycles. The Hall–Kier alpha value is -3.17. The Morgan fingerprint density at radius 1 is 1.21 bits per heavy atom. The maximum atomic E-state index is 13.7. The van der Waals surface area contributed by atoms with Gasteiger partial charge in [-0.25, -0.2) is 4.79 Å². The average molecular weight is 524 g/mol. The highest BCUT2D eigenvalue weighted by molar-refractivity contribution is 6.01. The monoisotopic (exact) mass is 523 g/mol. The van der Waals surface area contributed by atoms with Crippen LogP contribution in [0.4, 0.5) is 10.5 Å². The molecule has 1 aliphatic heterocycles. The van der Waals surface area contributed by atoms with Gasteiger partial charge in [-0.2, -0.15) is 0 Å². The molecule has 3 atom stereocenters. The van der Waals surface area contributed by atoms with Crippen LogP contribution in [0.1, 0.15) is 61.9 Å². The summed E-state index contributed by atoms with van der Waals surface area (Å²) in [4.78, 5) is 34.6. The number of para-hydroxylation sites is 1. The van der Waals surface area contributed by atoms with E-state index in [0.29, 0.717) is 30.1 Å². The third-order valence-electron chi connectivity index (χ3n) is 7.57. The number of nitrogens with zero attached hydrogens (tertiary/aromatic N) is 3. The normalized spacial score (nSPS) is 21.2. The van der Waals surface area contributed by atoms with E-state index in [9.17, 15) is 14.7 Å². The molecule has 1 aromatic heterocycles. The number of pyridine rings is 1. The number of ether oxygens (including phenoxy) is 1. The first-order chi connectivity index (χ1) is 18.4. The molecule has 1 aromatic carbocycles. The van der Waals surface area contributed by atoms with Crippen molar-refractivity contribution in [1.82, 2.24) is 20.1 Å². The molecule has 1 fully saturated rings. The molecule has 9 heteroatoms. The summed E-state index contributed by atoms with van der Waals surface area (Å²) in [5.41, 5.74) is 2.00. The fraction of sp³-hybridized carbons (Fsp3) is 0.552. The zero-order chi connectivity index (χ0) is 27.1. The second kappa shape index (κ2) is 13.1. The highest BCUT2D eigenvalue weighted by Gasteiger charge is 2.34. The molecule has 3 N–H and O–H groups in total. The van der Waals surface area contributed by atoms with E-state index in [-0.39, 0.29) is 42.7 Å². The van der Waals surface area contributed by atoms with Gasteiger partial charge in [0.15, 0.2) is 5.75 Å². The van der Waals surface area contributed by atoms with Gasteiger partial charge < -0.3 is 25.4 Å². The second-order valence-corrected chi connectivity index (χ2v) is 10.8. The van der Waals surface area contributed by atoms with E-state index in [2.05, 4.69) is 27.4 Å². The minimum Gasteiger partial charge on any atom is -0.486 e. The third-order valence-corrected chi connectivity index (χ3v) is 7.57. The van der Waals surface area contributed by atoms with Gasteiger partial charge >= 0.3 is 6.03 Å². The molecular weight excluding hydrogens is 482 g/mol. The van der Waals surface area contributed by atoms with Crippen molar-refractivity contribution in [2.75, 3.05) is 32.1 Å². The number of likely N-dealkylation sites (N-methyl/N-ethyl adjacent to an activating group) is 1. The molecule has 1 saturated carbocycles. The molecule has 38 heavy (non-hydrogen) atoms. The molecule has 9 nitrogen and oxygen atoms in total. The van der Waals surface area contributed by atoms with Crippen LogP contribution < -0.4 is 15.4 Å². The largest absolute Gasteiger partial charge is 0.486 e. The molecule has 2 aliphatic rings. The van der Waals surface area contributed by atoms with Crippen molar-refractivity contribution < 1.29 is 19.4 Å². The lowest BCUT2D eigenvalue weighted by atomic mass is 9.96. The van der Waals surface area contributed by atoms with Crippen molar-refractivity contribution in [1.29, 1.82) is 0 Å². The van der Waals surface area contributed by atoms with Crippen molar-refractivity contribution in [3.63, 3.8) is 0 Å². The van der Waals surface area contributed by atoms with E-state index in [1.165, 1.54) is 6.42 Å². The van der Waals surface area contributed by atoms with Gasteiger partial charge in [0.2, 0.25) is 0 Å². The third kappa shape index (κ3) is 7.02. The van der Waals surface area contributed by atoms with E-state index in [4.69, 9.17) is 4.74 Å². The van der Waals surface area contributed by atoms with Gasteiger partial charge in [-0.1, -0.05) is 32.3 Å². The Kier molecular flexibility index (Phi) is 9.58. The molecular formula is C29H41N5O4. The van der Waals surface area contributed by atoms with Crippen molar-refractivity contribution in [2.45, 2.75) is 70.7 Å². The molecule has 1 aliphatic carbocycles. The number of amides is 3. The number of hydrogen-bond donors (Lipinski definition) is 3.